The van der Waals surface area contributed by atoms with Crippen LogP contribution in [0.4, 0.5) is 0 Å². The van der Waals surface area contributed by atoms with E-state index in [0.29, 0.717) is 24.2 Å². The number of imidazole rings is 2. The van der Waals surface area contributed by atoms with Crippen LogP contribution in [0.1, 0.15) is 20.7 Å². The van der Waals surface area contributed by atoms with Crippen LogP contribution in [-0.2, 0) is 0 Å². The molecule has 0 aliphatic carbocycles. The molecule has 26 heavy (non-hydrogen) atoms. The van der Waals surface area contributed by atoms with Gasteiger partial charge in [-0.15, -0.1) is 0 Å². The fourth-order valence-corrected chi connectivity index (χ4v) is 2.71. The largest absolute Gasteiger partial charge is 0.350 e. The second kappa shape index (κ2) is 6.67. The van der Waals surface area contributed by atoms with Crippen molar-refractivity contribution in [1.82, 2.24) is 30.6 Å². The lowest BCUT2D eigenvalue weighted by atomic mass is 10.2. The molecule has 0 spiro atoms. The number of carbonyl (C=O) groups excluding carboxylic acids is 2. The standard InChI is InChI=1S/C18H16N6O2/c25-17(11-1-3-13-15(7-11)23-9-21-13)19-5-6-20-18(26)12-2-4-14-16(8-12)24-10-22-14/h1-4,7-10H,5-6H2,(H,19,25)(H,20,26)(H,21,23)(H,22,24). The molecule has 4 rings (SSSR count). The number of fused-ring (bicyclic) bond motifs is 2. The van der Waals surface area contributed by atoms with Crippen molar-refractivity contribution in [3.8, 4) is 0 Å². The molecule has 0 atom stereocenters. The van der Waals surface area contributed by atoms with Crippen molar-refractivity contribution in [3.63, 3.8) is 0 Å². The maximum atomic E-state index is 12.2. The Balaban J connectivity index is 1.30. The van der Waals surface area contributed by atoms with E-state index in [1.54, 1.807) is 49.1 Å². The van der Waals surface area contributed by atoms with E-state index < -0.39 is 0 Å². The van der Waals surface area contributed by atoms with Gasteiger partial charge < -0.3 is 20.6 Å². The zero-order valence-electron chi connectivity index (χ0n) is 13.7. The maximum Gasteiger partial charge on any atom is 0.251 e. The molecular formula is C18H16N6O2. The molecule has 0 saturated carbocycles. The predicted octanol–water partition coefficient (Wildman–Crippen LogP) is 1.60. The summed E-state index contributed by atoms with van der Waals surface area (Å²) in [5, 5.41) is 5.57. The summed E-state index contributed by atoms with van der Waals surface area (Å²) in [4.78, 5) is 38.5. The van der Waals surface area contributed by atoms with Crippen molar-refractivity contribution in [1.29, 1.82) is 0 Å². The van der Waals surface area contributed by atoms with Gasteiger partial charge in [0.25, 0.3) is 11.8 Å². The lowest BCUT2D eigenvalue weighted by molar-refractivity contribution is 0.0928. The van der Waals surface area contributed by atoms with E-state index in [-0.39, 0.29) is 11.8 Å². The minimum Gasteiger partial charge on any atom is -0.350 e. The third kappa shape index (κ3) is 3.12. The van der Waals surface area contributed by atoms with Crippen LogP contribution in [0.15, 0.2) is 49.1 Å². The van der Waals surface area contributed by atoms with Crippen LogP contribution in [0.25, 0.3) is 22.1 Å². The van der Waals surface area contributed by atoms with Gasteiger partial charge in [-0.1, -0.05) is 0 Å². The van der Waals surface area contributed by atoms with E-state index in [2.05, 4.69) is 30.6 Å². The Bertz CT molecular complexity index is 1010. The van der Waals surface area contributed by atoms with Crippen molar-refractivity contribution in [3.05, 3.63) is 60.2 Å². The molecule has 4 N–H and O–H groups in total. The number of hydrogen-bond acceptors (Lipinski definition) is 4. The lowest BCUT2D eigenvalue weighted by Gasteiger charge is -2.07. The van der Waals surface area contributed by atoms with Gasteiger partial charge in [-0.2, -0.15) is 0 Å². The van der Waals surface area contributed by atoms with Crippen molar-refractivity contribution in [2.75, 3.05) is 13.1 Å². The van der Waals surface area contributed by atoms with Crippen LogP contribution < -0.4 is 10.6 Å². The smallest absolute Gasteiger partial charge is 0.251 e. The molecule has 0 aliphatic rings. The molecule has 0 saturated heterocycles. The highest BCUT2D eigenvalue weighted by atomic mass is 16.2. The Morgan fingerprint density at radius 2 is 1.23 bits per heavy atom. The molecule has 4 aromatic rings. The zero-order chi connectivity index (χ0) is 17.9. The van der Waals surface area contributed by atoms with E-state index in [1.807, 2.05) is 0 Å². The fraction of sp³-hybridized carbons (Fsp3) is 0.111. The van der Waals surface area contributed by atoms with E-state index in [1.165, 1.54) is 0 Å². The number of aromatic amines is 2. The number of hydrogen-bond donors (Lipinski definition) is 4. The van der Waals surface area contributed by atoms with Gasteiger partial charge in [-0.25, -0.2) is 9.97 Å². The Hall–Kier alpha value is -3.68. The molecule has 8 heteroatoms. The average molecular weight is 348 g/mol. The van der Waals surface area contributed by atoms with Gasteiger partial charge in [0, 0.05) is 24.2 Å². The lowest BCUT2D eigenvalue weighted by Crippen LogP contribution is -2.34. The molecule has 130 valence electrons. The second-order valence-corrected chi connectivity index (χ2v) is 5.78. The normalized spacial score (nSPS) is 10.9. The highest BCUT2D eigenvalue weighted by molar-refractivity contribution is 5.98. The van der Waals surface area contributed by atoms with Gasteiger partial charge in [0.2, 0.25) is 0 Å². The van der Waals surface area contributed by atoms with Gasteiger partial charge in [-0.3, -0.25) is 9.59 Å². The van der Waals surface area contributed by atoms with Gasteiger partial charge >= 0.3 is 0 Å². The number of carbonyl (C=O) groups is 2. The van der Waals surface area contributed by atoms with Crippen LogP contribution in [-0.4, -0.2) is 44.8 Å². The summed E-state index contributed by atoms with van der Waals surface area (Å²) in [7, 11) is 0. The minimum atomic E-state index is -0.199. The van der Waals surface area contributed by atoms with E-state index in [9.17, 15) is 9.59 Å². The number of amides is 2. The molecule has 2 aromatic carbocycles. The molecule has 0 radical (unpaired) electrons. The zero-order valence-corrected chi connectivity index (χ0v) is 13.7. The van der Waals surface area contributed by atoms with Crippen molar-refractivity contribution < 1.29 is 9.59 Å². The molecule has 2 amide bonds. The topological polar surface area (TPSA) is 116 Å². The van der Waals surface area contributed by atoms with Gasteiger partial charge in [-0.05, 0) is 36.4 Å². The van der Waals surface area contributed by atoms with Gasteiger partial charge in [0.05, 0.1) is 34.7 Å². The SMILES string of the molecule is O=C(NCCNC(=O)c1ccc2nc[nH]c2c1)c1ccc2nc[nH]c2c1. The van der Waals surface area contributed by atoms with Crippen molar-refractivity contribution in [2.45, 2.75) is 0 Å². The summed E-state index contributed by atoms with van der Waals surface area (Å²) < 4.78 is 0. The summed E-state index contributed by atoms with van der Waals surface area (Å²) in [6.45, 7) is 0.662. The second-order valence-electron chi connectivity index (χ2n) is 5.78. The van der Waals surface area contributed by atoms with E-state index >= 15 is 0 Å². The molecule has 0 unspecified atom stereocenters. The Labute approximate surface area is 148 Å². The Kier molecular flexibility index (Phi) is 4.06. The van der Waals surface area contributed by atoms with Crippen molar-refractivity contribution in [2.24, 2.45) is 0 Å². The number of aromatic nitrogens is 4. The maximum absolute atomic E-state index is 12.2. The highest BCUT2D eigenvalue weighted by Crippen LogP contribution is 2.12. The van der Waals surface area contributed by atoms with Gasteiger partial charge in [0.1, 0.15) is 0 Å². The summed E-state index contributed by atoms with van der Waals surface area (Å²) in [5.41, 5.74) is 4.31. The molecule has 0 aliphatic heterocycles. The van der Waals surface area contributed by atoms with Crippen LogP contribution >= 0.6 is 0 Å². The van der Waals surface area contributed by atoms with Crippen LogP contribution in [0, 0.1) is 0 Å². The Morgan fingerprint density at radius 3 is 1.69 bits per heavy atom. The molecule has 2 aromatic heterocycles. The predicted molar refractivity (Wildman–Crippen MR) is 96.9 cm³/mol. The molecule has 0 fully saturated rings. The molecule has 8 nitrogen and oxygen atoms in total. The molecular weight excluding hydrogens is 332 g/mol. The fourth-order valence-electron chi connectivity index (χ4n) is 2.71. The number of nitrogens with one attached hydrogen (secondary N) is 4. The summed E-state index contributed by atoms with van der Waals surface area (Å²) in [5.74, 6) is -0.399. The third-order valence-corrected chi connectivity index (χ3v) is 4.06. The number of rotatable bonds is 5. The molecule has 2 heterocycles. The summed E-state index contributed by atoms with van der Waals surface area (Å²) >= 11 is 0. The summed E-state index contributed by atoms with van der Waals surface area (Å²) in [6.07, 6.45) is 3.17. The minimum absolute atomic E-state index is 0.199. The number of benzene rings is 2. The first kappa shape index (κ1) is 15.8. The van der Waals surface area contributed by atoms with Crippen molar-refractivity contribution >= 4 is 33.9 Å². The van der Waals surface area contributed by atoms with E-state index in [0.717, 1.165) is 22.1 Å². The van der Waals surface area contributed by atoms with E-state index in [4.69, 9.17) is 0 Å². The van der Waals surface area contributed by atoms with Gasteiger partial charge in [0.15, 0.2) is 0 Å². The van der Waals surface area contributed by atoms with Crippen LogP contribution in [0.3, 0.4) is 0 Å². The first-order chi connectivity index (χ1) is 12.7. The third-order valence-electron chi connectivity index (χ3n) is 4.06. The molecule has 0 bridgehead atoms. The first-order valence-electron chi connectivity index (χ1n) is 8.13. The highest BCUT2D eigenvalue weighted by Gasteiger charge is 2.09. The quantitative estimate of drug-likeness (QED) is 0.410. The number of H-pyrrole nitrogens is 2. The van der Waals surface area contributed by atoms with Crippen LogP contribution in [0.2, 0.25) is 0 Å². The Morgan fingerprint density at radius 1 is 0.769 bits per heavy atom. The summed E-state index contributed by atoms with van der Waals surface area (Å²) in [6, 6.07) is 10.5. The average Bonchev–Trinajstić information content (AvgIpc) is 3.32. The monoisotopic (exact) mass is 348 g/mol. The first-order valence-corrected chi connectivity index (χ1v) is 8.13. The van der Waals surface area contributed by atoms with Crippen LogP contribution in [0.5, 0.6) is 0 Å². The number of nitrogens with zero attached hydrogens (tertiary/aromatic N) is 2.